The first-order valence-corrected chi connectivity index (χ1v) is 11.7. The predicted octanol–water partition coefficient (Wildman–Crippen LogP) is 4.60. The van der Waals surface area contributed by atoms with Crippen molar-refractivity contribution in [3.8, 4) is 0 Å². The van der Waals surface area contributed by atoms with Gasteiger partial charge in [0.1, 0.15) is 5.69 Å². The molecule has 1 aliphatic rings. The molecule has 0 radical (unpaired) electrons. The van der Waals surface area contributed by atoms with Crippen molar-refractivity contribution in [2.45, 2.75) is 49.7 Å². The van der Waals surface area contributed by atoms with E-state index in [0.29, 0.717) is 18.5 Å². The van der Waals surface area contributed by atoms with E-state index in [1.165, 1.54) is 35.2 Å². The van der Waals surface area contributed by atoms with Gasteiger partial charge >= 0.3 is 0 Å². The first-order chi connectivity index (χ1) is 14.0. The number of alkyl halides is 2. The summed E-state index contributed by atoms with van der Waals surface area (Å²) in [6.45, 7) is 4.01. The molecule has 0 bridgehead atoms. The van der Waals surface area contributed by atoms with Crippen LogP contribution >= 0.6 is 23.5 Å². The van der Waals surface area contributed by atoms with Gasteiger partial charge in [-0.2, -0.15) is 15.3 Å². The maximum atomic E-state index is 14.3. The van der Waals surface area contributed by atoms with Crippen molar-refractivity contribution in [2.75, 3.05) is 23.5 Å². The first kappa shape index (κ1) is 22.0. The molecule has 1 fully saturated rings. The average Bonchev–Trinajstić information content (AvgIpc) is 3.21. The Bertz CT molecular complexity index is 823. The second-order valence-corrected chi connectivity index (χ2v) is 9.58. The largest absolute Gasteiger partial charge is 0.310 e. The van der Waals surface area contributed by atoms with Gasteiger partial charge < -0.3 is 4.90 Å². The van der Waals surface area contributed by atoms with Crippen LogP contribution < -0.4 is 4.90 Å². The number of anilines is 1. The summed E-state index contributed by atoms with van der Waals surface area (Å²) >= 11 is 3.60. The zero-order chi connectivity index (χ0) is 21.0. The van der Waals surface area contributed by atoms with Crippen molar-refractivity contribution in [2.24, 2.45) is 0 Å². The third kappa shape index (κ3) is 4.14. The maximum Gasteiger partial charge on any atom is 0.280 e. The van der Waals surface area contributed by atoms with Crippen molar-refractivity contribution < 1.29 is 13.6 Å². The normalized spacial score (nSPS) is 15.7. The fraction of sp³-hybridized carbons (Fsp3) is 0.579. The lowest BCUT2D eigenvalue weighted by atomic mass is 9.94. The molecule has 0 saturated carbocycles. The molecule has 0 aliphatic carbocycles. The third-order valence-electron chi connectivity index (χ3n) is 5.42. The Hall–Kier alpha value is -1.68. The molecule has 2 aromatic heterocycles. The SMILES string of the molecule is CCC(CC)(C1SCCCS1)n1ncc(C(=O)N(C)c2ccnnc2)c1C(F)F. The number of aromatic nitrogens is 4. The quantitative estimate of drug-likeness (QED) is 0.626. The summed E-state index contributed by atoms with van der Waals surface area (Å²) in [6, 6.07) is 1.61. The van der Waals surface area contributed by atoms with Crippen LogP contribution in [-0.4, -0.2) is 49.0 Å². The van der Waals surface area contributed by atoms with Crippen molar-refractivity contribution in [3.05, 3.63) is 35.9 Å². The van der Waals surface area contributed by atoms with E-state index in [-0.39, 0.29) is 15.8 Å². The molecular formula is C19H25F2N5OS2. The number of carbonyl (C=O) groups excluding carboxylic acids is 1. The second-order valence-electron chi connectivity index (χ2n) is 6.86. The van der Waals surface area contributed by atoms with Gasteiger partial charge in [0.15, 0.2) is 0 Å². The van der Waals surface area contributed by atoms with E-state index in [2.05, 4.69) is 15.3 Å². The molecule has 1 amide bonds. The molecule has 6 nitrogen and oxygen atoms in total. The minimum absolute atomic E-state index is 0.0728. The Morgan fingerprint density at radius 2 is 1.97 bits per heavy atom. The van der Waals surface area contributed by atoms with E-state index in [1.807, 2.05) is 13.8 Å². The average molecular weight is 442 g/mol. The lowest BCUT2D eigenvalue weighted by molar-refractivity contribution is 0.0963. The highest BCUT2D eigenvalue weighted by Gasteiger charge is 2.44. The molecule has 0 spiro atoms. The summed E-state index contributed by atoms with van der Waals surface area (Å²) in [7, 11) is 1.53. The van der Waals surface area contributed by atoms with Crippen LogP contribution in [0.25, 0.3) is 0 Å². The summed E-state index contributed by atoms with van der Waals surface area (Å²) in [6.07, 6.45) is 3.78. The topological polar surface area (TPSA) is 63.9 Å². The van der Waals surface area contributed by atoms with Crippen LogP contribution in [0.15, 0.2) is 24.7 Å². The number of carbonyl (C=O) groups is 1. The van der Waals surface area contributed by atoms with Crippen molar-refractivity contribution >= 4 is 35.1 Å². The minimum Gasteiger partial charge on any atom is -0.310 e. The molecule has 3 heterocycles. The molecule has 1 aliphatic heterocycles. The number of thioether (sulfide) groups is 2. The molecule has 0 N–H and O–H groups in total. The van der Waals surface area contributed by atoms with Crippen LogP contribution in [0.1, 0.15) is 55.6 Å². The van der Waals surface area contributed by atoms with Gasteiger partial charge in [0.05, 0.1) is 40.0 Å². The van der Waals surface area contributed by atoms with Crippen LogP contribution in [0.2, 0.25) is 0 Å². The minimum atomic E-state index is -2.81. The van der Waals surface area contributed by atoms with Gasteiger partial charge in [0.25, 0.3) is 12.3 Å². The van der Waals surface area contributed by atoms with E-state index < -0.39 is 17.9 Å². The molecule has 158 valence electrons. The van der Waals surface area contributed by atoms with E-state index in [1.54, 1.807) is 29.6 Å². The Morgan fingerprint density at radius 1 is 1.28 bits per heavy atom. The molecule has 29 heavy (non-hydrogen) atoms. The van der Waals surface area contributed by atoms with Gasteiger partial charge in [-0.15, -0.1) is 23.5 Å². The summed E-state index contributed by atoms with van der Waals surface area (Å²) in [5, 5.41) is 11.8. The lowest BCUT2D eigenvalue weighted by Gasteiger charge is -2.41. The van der Waals surface area contributed by atoms with Crippen molar-refractivity contribution in [3.63, 3.8) is 0 Å². The van der Waals surface area contributed by atoms with Gasteiger partial charge in [0.2, 0.25) is 0 Å². The van der Waals surface area contributed by atoms with Crippen molar-refractivity contribution in [1.29, 1.82) is 0 Å². The highest BCUT2D eigenvalue weighted by atomic mass is 32.2. The molecule has 10 heteroatoms. The van der Waals surface area contributed by atoms with Crippen LogP contribution in [0.4, 0.5) is 14.5 Å². The number of rotatable bonds is 7. The standard InChI is InChI=1S/C19H25F2N5OS2/c1-4-19(5-2,18-28-9-6-10-29-18)26-15(16(20)21)14(12-24-26)17(27)25(3)13-7-8-22-23-11-13/h7-8,11-12,16,18H,4-6,9-10H2,1-3H3. The van der Waals surface area contributed by atoms with Gasteiger partial charge in [-0.1, -0.05) is 13.8 Å². The van der Waals surface area contributed by atoms with E-state index in [9.17, 15) is 13.6 Å². The smallest absolute Gasteiger partial charge is 0.280 e. The van der Waals surface area contributed by atoms with Crippen LogP contribution in [0.3, 0.4) is 0 Å². The summed E-state index contributed by atoms with van der Waals surface area (Å²) in [5.74, 6) is 1.48. The van der Waals surface area contributed by atoms with E-state index >= 15 is 0 Å². The van der Waals surface area contributed by atoms with Gasteiger partial charge in [-0.3, -0.25) is 9.48 Å². The van der Waals surface area contributed by atoms with E-state index in [0.717, 1.165) is 17.9 Å². The molecule has 3 rings (SSSR count). The number of nitrogens with zero attached hydrogens (tertiary/aromatic N) is 5. The highest BCUT2D eigenvalue weighted by molar-refractivity contribution is 8.17. The van der Waals surface area contributed by atoms with Gasteiger partial charge in [0, 0.05) is 7.05 Å². The second kappa shape index (κ2) is 9.42. The molecule has 0 unspecified atom stereocenters. The monoisotopic (exact) mass is 441 g/mol. The number of hydrogen-bond donors (Lipinski definition) is 0. The van der Waals surface area contributed by atoms with Crippen molar-refractivity contribution in [1.82, 2.24) is 20.0 Å². The zero-order valence-electron chi connectivity index (χ0n) is 16.7. The predicted molar refractivity (Wildman–Crippen MR) is 114 cm³/mol. The summed E-state index contributed by atoms with van der Waals surface area (Å²) in [5.41, 5.74) is -0.471. The molecule has 0 aromatic carbocycles. The Labute approximate surface area is 177 Å². The molecule has 0 atom stereocenters. The number of hydrogen-bond acceptors (Lipinski definition) is 6. The Kier molecular flexibility index (Phi) is 7.15. The van der Waals surface area contributed by atoms with Gasteiger partial charge in [-0.05, 0) is 36.8 Å². The molecule has 1 saturated heterocycles. The summed E-state index contributed by atoms with van der Waals surface area (Å²) in [4.78, 5) is 14.3. The molecule has 2 aromatic rings. The first-order valence-electron chi connectivity index (χ1n) is 9.60. The Morgan fingerprint density at radius 3 is 2.52 bits per heavy atom. The summed E-state index contributed by atoms with van der Waals surface area (Å²) < 4.78 is 30.1. The Balaban J connectivity index is 2.05. The van der Waals surface area contributed by atoms with Crippen LogP contribution in [0.5, 0.6) is 0 Å². The third-order valence-corrected chi connectivity index (χ3v) is 8.76. The number of halogens is 2. The number of amides is 1. The van der Waals surface area contributed by atoms with Gasteiger partial charge in [-0.25, -0.2) is 8.78 Å². The fourth-order valence-corrected chi connectivity index (χ4v) is 7.33. The van der Waals surface area contributed by atoms with Crippen LogP contribution in [0, 0.1) is 0 Å². The maximum absolute atomic E-state index is 14.3. The van der Waals surface area contributed by atoms with E-state index in [4.69, 9.17) is 0 Å². The lowest BCUT2D eigenvalue weighted by Crippen LogP contribution is -2.44. The molecular weight excluding hydrogens is 416 g/mol. The van der Waals surface area contributed by atoms with Crippen LogP contribution in [-0.2, 0) is 5.54 Å². The highest BCUT2D eigenvalue weighted by Crippen LogP contribution is 2.47. The fourth-order valence-electron chi connectivity index (χ4n) is 3.65. The zero-order valence-corrected chi connectivity index (χ0v) is 18.3.